The number of hydrogen-bond acceptors (Lipinski definition) is 0. The van der Waals surface area contributed by atoms with E-state index in [0.717, 1.165) is 11.5 Å². The fraction of sp³-hybridized carbons (Fsp3) is 0.273. The van der Waals surface area contributed by atoms with Crippen LogP contribution in [0.2, 0.25) is 0 Å². The zero-order valence-corrected chi connectivity index (χ0v) is 18.0. The van der Waals surface area contributed by atoms with Crippen LogP contribution in [0.5, 0.6) is 0 Å². The van der Waals surface area contributed by atoms with Gasteiger partial charge in [-0.3, -0.25) is 0 Å². The Labute approximate surface area is 175 Å². The van der Waals surface area contributed by atoms with Gasteiger partial charge in [0.2, 0.25) is 0 Å². The minimum atomic E-state index is -0.556. The molecular formula is C22H26Cl2NTi-3. The summed E-state index contributed by atoms with van der Waals surface area (Å²) in [6, 6.07) is 18.7. The van der Waals surface area contributed by atoms with Gasteiger partial charge in [0.25, 0.3) is 0 Å². The zero-order chi connectivity index (χ0) is 17.9. The molecule has 0 saturated heterocycles. The molecule has 2 aliphatic carbocycles. The normalized spacial score (nSPS) is 19.6. The summed E-state index contributed by atoms with van der Waals surface area (Å²) in [5.41, 5.74) is 4.05. The third-order valence-corrected chi connectivity index (χ3v) is 4.60. The average molecular weight is 423 g/mol. The molecule has 1 nitrogen and oxygen atoms in total. The summed E-state index contributed by atoms with van der Waals surface area (Å²) in [7, 11) is 9.78. The van der Waals surface area contributed by atoms with Gasteiger partial charge in [0.05, 0.1) is 0 Å². The first-order valence-electron chi connectivity index (χ1n) is 8.70. The maximum atomic E-state index is 4.89. The Bertz CT molecular complexity index is 640. The number of nitrogens with two attached hydrogens (primary N) is 1. The minimum absolute atomic E-state index is 0. The summed E-state index contributed by atoms with van der Waals surface area (Å²) in [4.78, 5) is 0. The molecule has 2 aromatic rings. The van der Waals surface area contributed by atoms with E-state index in [2.05, 4.69) is 49.8 Å². The first-order chi connectivity index (χ1) is 12.3. The number of benzene rings is 2. The van der Waals surface area contributed by atoms with Crippen LogP contribution < -0.4 is 0 Å². The van der Waals surface area contributed by atoms with Gasteiger partial charge in [-0.05, 0) is 17.0 Å². The Kier molecular flexibility index (Phi) is 12.1. The van der Waals surface area contributed by atoms with E-state index in [4.69, 9.17) is 18.6 Å². The van der Waals surface area contributed by atoms with Crippen molar-refractivity contribution in [1.82, 2.24) is 0 Å². The minimum Gasteiger partial charge on any atom is -0.693 e. The van der Waals surface area contributed by atoms with Crippen LogP contribution in [-0.4, -0.2) is 0 Å². The fourth-order valence-electron chi connectivity index (χ4n) is 3.43. The number of hydrogen-bond donors (Lipinski definition) is 0. The number of halogens is 2. The van der Waals surface area contributed by atoms with Gasteiger partial charge in [-0.25, -0.2) is 0 Å². The Morgan fingerprint density at radius 1 is 0.962 bits per heavy atom. The van der Waals surface area contributed by atoms with Gasteiger partial charge in [-0.1, -0.05) is 61.7 Å². The molecule has 0 aliphatic heterocycles. The third kappa shape index (κ3) is 7.50. The first kappa shape index (κ1) is 23.3. The second-order valence-electron chi connectivity index (χ2n) is 6.25. The van der Waals surface area contributed by atoms with Crippen LogP contribution in [0.4, 0.5) is 0 Å². The predicted octanol–water partition coefficient (Wildman–Crippen LogP) is 8.15. The van der Waals surface area contributed by atoms with E-state index in [0.29, 0.717) is 5.92 Å². The van der Waals surface area contributed by atoms with E-state index >= 15 is 0 Å². The van der Waals surface area contributed by atoms with Gasteiger partial charge in [-0.15, -0.1) is 12.1 Å². The summed E-state index contributed by atoms with van der Waals surface area (Å²) in [5.74, 6) is 1.46. The van der Waals surface area contributed by atoms with Crippen LogP contribution in [0.25, 0.3) is 12.2 Å². The number of fused-ring (bicyclic) bond motifs is 1. The van der Waals surface area contributed by atoms with Crippen molar-refractivity contribution in [2.75, 3.05) is 0 Å². The third-order valence-electron chi connectivity index (χ3n) is 4.60. The van der Waals surface area contributed by atoms with Crippen LogP contribution in [0.3, 0.4) is 0 Å². The molecule has 1 saturated carbocycles. The molecule has 0 aromatic heterocycles. The summed E-state index contributed by atoms with van der Waals surface area (Å²) < 4.78 is 0. The molecule has 140 valence electrons. The smallest absolute Gasteiger partial charge is 0.693 e. The molecule has 0 spiro atoms. The predicted molar refractivity (Wildman–Crippen MR) is 112 cm³/mol. The number of allylic oxidation sites excluding steroid dienone is 1. The van der Waals surface area contributed by atoms with Crippen LogP contribution in [0.1, 0.15) is 48.3 Å². The molecule has 0 amide bonds. The topological polar surface area (TPSA) is 33.5 Å². The molecule has 4 rings (SSSR count). The van der Waals surface area contributed by atoms with Crippen molar-refractivity contribution in [2.45, 2.75) is 31.6 Å². The monoisotopic (exact) mass is 422 g/mol. The molecule has 0 bridgehead atoms. The maximum Gasteiger partial charge on any atom is -0.693 e. The van der Waals surface area contributed by atoms with Gasteiger partial charge in [0, 0.05) is 0 Å². The quantitative estimate of drug-likeness (QED) is 0.328. The standard InChI is InChI=1S/C15H17.C7H7.2ClH.H2N.Ti/c1-2-6-12(7-3-1)15-11-10-13-8-4-5-9-14(13)15;1-7-5-3-2-4-6-7;;;;/h4-6,8-12,15H,1-3,7H2;2-6H,1H2;2*1H;1H2;/q2*-1;;;-1;+2/p-2. The molecule has 2 atom stereocenters. The van der Waals surface area contributed by atoms with Crippen molar-refractivity contribution in [3.8, 4) is 0 Å². The van der Waals surface area contributed by atoms with Crippen molar-refractivity contribution in [3.05, 3.63) is 96.9 Å². The molecule has 0 heterocycles. The van der Waals surface area contributed by atoms with Crippen molar-refractivity contribution in [3.63, 3.8) is 0 Å². The van der Waals surface area contributed by atoms with Crippen LogP contribution in [0.15, 0.2) is 60.7 Å². The summed E-state index contributed by atoms with van der Waals surface area (Å²) >= 11 is -0.556. The second-order valence-corrected chi connectivity index (χ2v) is 8.83. The molecule has 2 aromatic carbocycles. The molecule has 2 aliphatic rings. The molecule has 2 unspecified atom stereocenters. The van der Waals surface area contributed by atoms with Gasteiger partial charge in [0.1, 0.15) is 0 Å². The maximum absolute atomic E-state index is 4.89. The molecule has 2 N–H and O–H groups in total. The summed E-state index contributed by atoms with van der Waals surface area (Å²) in [6.45, 7) is 3.72. The van der Waals surface area contributed by atoms with Crippen LogP contribution in [-0.2, 0) is 17.0 Å². The van der Waals surface area contributed by atoms with Crippen molar-refractivity contribution in [2.24, 2.45) is 5.92 Å². The Morgan fingerprint density at radius 2 is 1.62 bits per heavy atom. The van der Waals surface area contributed by atoms with Gasteiger partial charge < -0.3 is 12.6 Å². The zero-order valence-electron chi connectivity index (χ0n) is 15.0. The van der Waals surface area contributed by atoms with Gasteiger partial charge >= 0.3 is 35.6 Å². The van der Waals surface area contributed by atoms with Gasteiger partial charge in [-0.2, -0.15) is 37.0 Å². The summed E-state index contributed by atoms with van der Waals surface area (Å²) in [6.07, 6.45) is 12.7. The molecular weight excluding hydrogens is 397 g/mol. The Balaban J connectivity index is 0.000000260. The molecule has 0 radical (unpaired) electrons. The Morgan fingerprint density at radius 3 is 2.19 bits per heavy atom. The molecule has 4 heteroatoms. The second kappa shape index (κ2) is 13.5. The first-order valence-corrected chi connectivity index (χ1v) is 13.0. The van der Waals surface area contributed by atoms with Crippen molar-refractivity contribution >= 4 is 24.7 Å². The van der Waals surface area contributed by atoms with Crippen LogP contribution >= 0.6 is 18.6 Å². The van der Waals surface area contributed by atoms with Gasteiger partial charge in [0.15, 0.2) is 0 Å². The fourth-order valence-corrected chi connectivity index (χ4v) is 3.43. The van der Waals surface area contributed by atoms with Crippen molar-refractivity contribution in [1.29, 1.82) is 0 Å². The van der Waals surface area contributed by atoms with E-state index in [1.54, 1.807) is 5.56 Å². The van der Waals surface area contributed by atoms with E-state index in [1.165, 1.54) is 31.2 Å². The van der Waals surface area contributed by atoms with E-state index < -0.39 is 17.0 Å². The summed E-state index contributed by atoms with van der Waals surface area (Å²) in [5, 5.41) is 0. The van der Waals surface area contributed by atoms with Crippen molar-refractivity contribution < 1.29 is 17.0 Å². The Hall–Kier alpha value is -0.696. The average Bonchev–Trinajstić information content (AvgIpc) is 3.08. The molecule has 26 heavy (non-hydrogen) atoms. The van der Waals surface area contributed by atoms with E-state index in [1.807, 2.05) is 30.3 Å². The van der Waals surface area contributed by atoms with E-state index in [9.17, 15) is 0 Å². The largest absolute Gasteiger partial charge is 0.693 e. The SMILES string of the molecule is C1=CC(C2[CH-]CCCC2)c2ccccc21.[CH2-]c1ccccc1.[Cl][Ti][Cl].[NH2-]. The number of rotatable bonds is 1. The molecule has 1 fully saturated rings. The van der Waals surface area contributed by atoms with E-state index in [-0.39, 0.29) is 6.15 Å². The van der Waals surface area contributed by atoms with Crippen LogP contribution in [0, 0.1) is 19.3 Å².